The first-order valence-electron chi connectivity index (χ1n) is 12.0. The fraction of sp³-hybridized carbons (Fsp3) is 0.731. The molecule has 0 radical (unpaired) electrons. The summed E-state index contributed by atoms with van der Waals surface area (Å²) in [6.45, 7) is 9.54. The molecule has 0 atom stereocenters. The molecule has 30 heavy (non-hydrogen) atoms. The van der Waals surface area contributed by atoms with Crippen molar-refractivity contribution in [2.75, 3.05) is 0 Å². The Balaban J connectivity index is 2.10. The number of carbonyl (C=O) groups excluding carboxylic acids is 3. The number of ketones is 2. The fourth-order valence-electron chi connectivity index (χ4n) is 5.04. The molecule has 0 aromatic rings. The molecule has 0 bridgehead atoms. The number of nitrogens with one attached hydrogen (secondary N) is 1. The summed E-state index contributed by atoms with van der Waals surface area (Å²) in [6.07, 6.45) is 12.1. The Hall–Kier alpha value is -1.71. The Morgan fingerprint density at radius 1 is 0.933 bits per heavy atom. The lowest BCUT2D eigenvalue weighted by Crippen LogP contribution is -2.39. The zero-order chi connectivity index (χ0) is 22.3. The van der Waals surface area contributed by atoms with E-state index in [0.29, 0.717) is 28.7 Å². The summed E-state index contributed by atoms with van der Waals surface area (Å²) in [4.78, 5) is 39.1. The maximum Gasteiger partial charge on any atom is 0.221 e. The van der Waals surface area contributed by atoms with Crippen molar-refractivity contribution in [3.8, 4) is 0 Å². The van der Waals surface area contributed by atoms with Crippen molar-refractivity contribution in [1.29, 1.82) is 0 Å². The van der Waals surface area contributed by atoms with Crippen LogP contribution in [0.2, 0.25) is 0 Å². The molecular weight excluding hydrogens is 374 g/mol. The second-order valence-corrected chi connectivity index (χ2v) is 9.89. The predicted octanol–water partition coefficient (Wildman–Crippen LogP) is 6.00. The summed E-state index contributed by atoms with van der Waals surface area (Å²) >= 11 is 0. The molecule has 4 heteroatoms. The number of hydrogen-bond donors (Lipinski definition) is 1. The molecule has 2 aliphatic carbocycles. The molecule has 0 unspecified atom stereocenters. The highest BCUT2D eigenvalue weighted by Gasteiger charge is 2.39. The van der Waals surface area contributed by atoms with E-state index in [0.717, 1.165) is 51.4 Å². The van der Waals surface area contributed by atoms with Crippen LogP contribution in [0.15, 0.2) is 22.3 Å². The normalized spacial score (nSPS) is 19.4. The molecule has 2 aliphatic rings. The molecule has 4 nitrogen and oxygen atoms in total. The van der Waals surface area contributed by atoms with Crippen LogP contribution in [0.25, 0.3) is 0 Å². The van der Waals surface area contributed by atoms with Gasteiger partial charge in [-0.25, -0.2) is 0 Å². The average Bonchev–Trinajstić information content (AvgIpc) is 2.94. The van der Waals surface area contributed by atoms with E-state index < -0.39 is 5.41 Å². The molecule has 0 saturated heterocycles. The minimum atomic E-state index is -0.666. The number of carbonyl (C=O) groups is 3. The third kappa shape index (κ3) is 6.15. The molecule has 1 amide bonds. The van der Waals surface area contributed by atoms with E-state index in [1.165, 1.54) is 12.8 Å². The van der Waals surface area contributed by atoms with Crippen LogP contribution in [0.3, 0.4) is 0 Å². The summed E-state index contributed by atoms with van der Waals surface area (Å²) in [6, 6.07) is 0.242. The maximum atomic E-state index is 13.2. The van der Waals surface area contributed by atoms with Crippen molar-refractivity contribution in [3.05, 3.63) is 22.3 Å². The highest BCUT2D eigenvalue weighted by Crippen LogP contribution is 2.39. The molecular formula is C26H41NO3. The smallest absolute Gasteiger partial charge is 0.221 e. The van der Waals surface area contributed by atoms with Crippen molar-refractivity contribution in [2.45, 2.75) is 118 Å². The Labute approximate surface area is 183 Å². The van der Waals surface area contributed by atoms with Gasteiger partial charge in [0.2, 0.25) is 5.91 Å². The second-order valence-electron chi connectivity index (χ2n) is 9.89. The first-order chi connectivity index (χ1) is 14.2. The number of allylic oxidation sites excluding steroid dienone is 4. The van der Waals surface area contributed by atoms with Crippen molar-refractivity contribution in [3.63, 3.8) is 0 Å². The Morgan fingerprint density at radius 2 is 1.57 bits per heavy atom. The van der Waals surface area contributed by atoms with Gasteiger partial charge in [0, 0.05) is 40.2 Å². The molecule has 0 spiro atoms. The predicted molar refractivity (Wildman–Crippen MR) is 122 cm³/mol. The van der Waals surface area contributed by atoms with Crippen LogP contribution in [0.5, 0.6) is 0 Å². The van der Waals surface area contributed by atoms with Gasteiger partial charge in [0.15, 0.2) is 11.6 Å². The van der Waals surface area contributed by atoms with Gasteiger partial charge in [0.1, 0.15) is 0 Å². The number of rotatable bonds is 9. The zero-order valence-electron chi connectivity index (χ0n) is 19.8. The van der Waals surface area contributed by atoms with E-state index in [4.69, 9.17) is 0 Å². The lowest BCUT2D eigenvalue weighted by molar-refractivity contribution is -0.124. The topological polar surface area (TPSA) is 63.2 Å². The third-order valence-corrected chi connectivity index (χ3v) is 6.79. The van der Waals surface area contributed by atoms with Gasteiger partial charge in [0.25, 0.3) is 0 Å². The average molecular weight is 416 g/mol. The lowest BCUT2D eigenvalue weighted by atomic mass is 9.70. The van der Waals surface area contributed by atoms with Gasteiger partial charge in [-0.3, -0.25) is 14.4 Å². The summed E-state index contributed by atoms with van der Waals surface area (Å²) in [5.41, 5.74) is 1.65. The molecule has 0 heterocycles. The molecule has 0 aromatic carbocycles. The summed E-state index contributed by atoms with van der Waals surface area (Å²) in [5, 5.41) is 3.19. The van der Waals surface area contributed by atoms with Crippen molar-refractivity contribution >= 4 is 17.5 Å². The highest BCUT2D eigenvalue weighted by molar-refractivity contribution is 6.25. The molecule has 0 aliphatic heterocycles. The minimum Gasteiger partial charge on any atom is -0.353 e. The van der Waals surface area contributed by atoms with Gasteiger partial charge in [-0.15, -0.1) is 0 Å². The number of hydrogen-bond acceptors (Lipinski definition) is 3. The third-order valence-electron chi connectivity index (χ3n) is 6.79. The summed E-state index contributed by atoms with van der Waals surface area (Å²) in [7, 11) is 0. The van der Waals surface area contributed by atoms with Gasteiger partial charge < -0.3 is 5.32 Å². The number of Topliss-reactive ketones (excluding diaryl/α,β-unsaturated/α-hetero) is 2. The van der Waals surface area contributed by atoms with Crippen LogP contribution in [0, 0.1) is 5.41 Å². The lowest BCUT2D eigenvalue weighted by Gasteiger charge is -2.32. The molecule has 168 valence electrons. The fourth-order valence-corrected chi connectivity index (χ4v) is 5.04. The highest BCUT2D eigenvalue weighted by atomic mass is 16.2. The van der Waals surface area contributed by atoms with Crippen LogP contribution in [0.1, 0.15) is 112 Å². The molecule has 0 aromatic heterocycles. The molecule has 1 N–H and O–H groups in total. The first-order valence-corrected chi connectivity index (χ1v) is 12.0. The van der Waals surface area contributed by atoms with Gasteiger partial charge in [-0.05, 0) is 39.5 Å². The monoisotopic (exact) mass is 415 g/mol. The van der Waals surface area contributed by atoms with Crippen molar-refractivity contribution < 1.29 is 14.4 Å². The van der Waals surface area contributed by atoms with Crippen LogP contribution in [0.4, 0.5) is 0 Å². The van der Waals surface area contributed by atoms with E-state index in [9.17, 15) is 14.4 Å². The van der Waals surface area contributed by atoms with E-state index in [1.807, 2.05) is 13.8 Å². The quantitative estimate of drug-likeness (QED) is 0.285. The Bertz CT molecular complexity index is 719. The second kappa shape index (κ2) is 11.1. The van der Waals surface area contributed by atoms with E-state index in [2.05, 4.69) is 12.2 Å². The van der Waals surface area contributed by atoms with E-state index in [-0.39, 0.29) is 29.9 Å². The van der Waals surface area contributed by atoms with Gasteiger partial charge in [0.05, 0.1) is 0 Å². The Morgan fingerprint density at radius 3 is 2.17 bits per heavy atom. The molecule has 2 rings (SSSR count). The molecule has 1 saturated carbocycles. The van der Waals surface area contributed by atoms with Crippen molar-refractivity contribution in [2.24, 2.45) is 5.41 Å². The van der Waals surface area contributed by atoms with Crippen molar-refractivity contribution in [1.82, 2.24) is 5.32 Å². The standard InChI is InChI=1S/C26H41NO3/c1-6-7-8-13-16-21-18(2)25(30)23(19(3)24(21)29)26(4,5)17-22(28)27-20-14-11-9-10-12-15-20/h20H,6-17H2,1-5H3,(H,27,28). The van der Waals surface area contributed by atoms with Crippen LogP contribution in [-0.4, -0.2) is 23.5 Å². The van der Waals surface area contributed by atoms with Crippen LogP contribution >= 0.6 is 0 Å². The summed E-state index contributed by atoms with van der Waals surface area (Å²) in [5.74, 6) is -0.0693. The number of amides is 1. The molecule has 1 fully saturated rings. The largest absolute Gasteiger partial charge is 0.353 e. The Kier molecular flexibility index (Phi) is 9.06. The first kappa shape index (κ1) is 24.6. The van der Waals surface area contributed by atoms with Gasteiger partial charge in [-0.1, -0.05) is 65.7 Å². The van der Waals surface area contributed by atoms with E-state index in [1.54, 1.807) is 13.8 Å². The number of unbranched alkanes of at least 4 members (excludes halogenated alkanes) is 3. The van der Waals surface area contributed by atoms with Gasteiger partial charge in [-0.2, -0.15) is 0 Å². The van der Waals surface area contributed by atoms with E-state index >= 15 is 0 Å². The van der Waals surface area contributed by atoms with Crippen LogP contribution in [-0.2, 0) is 14.4 Å². The van der Waals surface area contributed by atoms with Gasteiger partial charge >= 0.3 is 0 Å². The van der Waals surface area contributed by atoms with Crippen LogP contribution < -0.4 is 5.32 Å². The SMILES string of the molecule is CCCCCCC1=C(C)C(=O)C(C(C)(C)CC(=O)NC2CCCCCC2)=C(C)C1=O. The summed E-state index contributed by atoms with van der Waals surface area (Å²) < 4.78 is 0. The minimum absolute atomic E-state index is 0.00384. The maximum absolute atomic E-state index is 13.2. The zero-order valence-corrected chi connectivity index (χ0v) is 19.8.